The van der Waals surface area contributed by atoms with Gasteiger partial charge in [0.1, 0.15) is 0 Å². The fourth-order valence-corrected chi connectivity index (χ4v) is 2.21. The summed E-state index contributed by atoms with van der Waals surface area (Å²) in [5.74, 6) is 0.941. The van der Waals surface area contributed by atoms with Gasteiger partial charge in [0.05, 0.1) is 11.4 Å². The molecule has 0 amide bonds. The van der Waals surface area contributed by atoms with Crippen molar-refractivity contribution in [2.24, 2.45) is 0 Å². The minimum absolute atomic E-state index is 0.224. The lowest BCUT2D eigenvalue weighted by Gasteiger charge is -2.22. The summed E-state index contributed by atoms with van der Waals surface area (Å²) in [6.45, 7) is 0. The molecule has 1 fully saturated rings. The molecule has 5 heteroatoms. The summed E-state index contributed by atoms with van der Waals surface area (Å²) in [5.41, 5.74) is 18.5. The molecule has 1 heterocycles. The molecule has 0 unspecified atom stereocenters. The minimum atomic E-state index is 0.224. The molecule has 0 saturated heterocycles. The Morgan fingerprint density at radius 1 is 0.933 bits per heavy atom. The van der Waals surface area contributed by atoms with Crippen LogP contribution in [-0.4, -0.2) is 9.97 Å². The highest BCUT2D eigenvalue weighted by Gasteiger charge is 2.21. The highest BCUT2D eigenvalue weighted by atomic mass is 15.1. The number of hydrogen-bond acceptors (Lipinski definition) is 5. The van der Waals surface area contributed by atoms with Crippen LogP contribution in [0.25, 0.3) is 0 Å². The quantitative estimate of drug-likeness (QED) is 0.643. The van der Waals surface area contributed by atoms with Gasteiger partial charge in [-0.2, -0.15) is 4.98 Å². The van der Waals surface area contributed by atoms with Crippen molar-refractivity contribution in [3.8, 4) is 0 Å². The van der Waals surface area contributed by atoms with E-state index in [1.54, 1.807) is 0 Å². The molecule has 0 bridgehead atoms. The third kappa shape index (κ3) is 1.95. The van der Waals surface area contributed by atoms with Gasteiger partial charge in [0, 0.05) is 5.92 Å². The Hall–Kier alpha value is -1.52. The maximum atomic E-state index is 5.88. The van der Waals surface area contributed by atoms with Crippen LogP contribution in [0.1, 0.15) is 43.7 Å². The van der Waals surface area contributed by atoms with Crippen LogP contribution in [0.2, 0.25) is 0 Å². The van der Waals surface area contributed by atoms with Gasteiger partial charge >= 0.3 is 0 Å². The molecule has 6 N–H and O–H groups in total. The highest BCUT2D eigenvalue weighted by molar-refractivity contribution is 5.63. The second-order valence-electron chi connectivity index (χ2n) is 4.10. The van der Waals surface area contributed by atoms with Gasteiger partial charge in [-0.3, -0.25) is 0 Å². The lowest BCUT2D eigenvalue weighted by Crippen LogP contribution is -2.14. The van der Waals surface area contributed by atoms with Gasteiger partial charge in [-0.15, -0.1) is 0 Å². The number of nitrogens with two attached hydrogens (primary N) is 3. The molecule has 15 heavy (non-hydrogen) atoms. The van der Waals surface area contributed by atoms with Crippen molar-refractivity contribution in [2.75, 3.05) is 17.2 Å². The average Bonchev–Trinajstić information content (AvgIpc) is 2.24. The Bertz CT molecular complexity index is 357. The van der Waals surface area contributed by atoms with Crippen LogP contribution in [0.4, 0.5) is 17.5 Å². The summed E-state index contributed by atoms with van der Waals surface area (Å²) < 4.78 is 0. The number of anilines is 3. The fraction of sp³-hybridized carbons (Fsp3) is 0.600. The normalized spacial score (nSPS) is 17.9. The van der Waals surface area contributed by atoms with Gasteiger partial charge in [-0.05, 0) is 12.8 Å². The molecule has 0 spiro atoms. The van der Waals surface area contributed by atoms with E-state index in [1.807, 2.05) is 0 Å². The van der Waals surface area contributed by atoms with Gasteiger partial charge in [0.25, 0.3) is 0 Å². The second-order valence-corrected chi connectivity index (χ2v) is 4.10. The highest BCUT2D eigenvalue weighted by Crippen LogP contribution is 2.35. The number of rotatable bonds is 1. The van der Waals surface area contributed by atoms with E-state index in [-0.39, 0.29) is 5.95 Å². The zero-order valence-corrected chi connectivity index (χ0v) is 8.74. The summed E-state index contributed by atoms with van der Waals surface area (Å²) in [6, 6.07) is 0. The zero-order chi connectivity index (χ0) is 10.8. The molecule has 82 valence electrons. The smallest absolute Gasteiger partial charge is 0.222 e. The number of aromatic nitrogens is 2. The predicted octanol–water partition coefficient (Wildman–Crippen LogP) is 1.27. The number of nitrogens with zero attached hydrogens (tertiary/aromatic N) is 2. The first-order valence-corrected chi connectivity index (χ1v) is 5.37. The van der Waals surface area contributed by atoms with E-state index >= 15 is 0 Å². The third-order valence-corrected chi connectivity index (χ3v) is 3.01. The average molecular weight is 207 g/mol. The summed E-state index contributed by atoms with van der Waals surface area (Å²) in [6.07, 6.45) is 6.01. The molecule has 1 aliphatic carbocycles. The van der Waals surface area contributed by atoms with E-state index in [2.05, 4.69) is 9.97 Å². The van der Waals surface area contributed by atoms with Crippen LogP contribution in [0.5, 0.6) is 0 Å². The van der Waals surface area contributed by atoms with Gasteiger partial charge < -0.3 is 17.2 Å². The van der Waals surface area contributed by atoms with Crippen LogP contribution < -0.4 is 17.2 Å². The molecule has 1 saturated carbocycles. The molecule has 1 aliphatic rings. The fourth-order valence-electron chi connectivity index (χ4n) is 2.21. The van der Waals surface area contributed by atoms with E-state index in [0.717, 1.165) is 18.5 Å². The van der Waals surface area contributed by atoms with Crippen molar-refractivity contribution in [1.82, 2.24) is 9.97 Å². The minimum Gasteiger partial charge on any atom is -0.394 e. The summed E-state index contributed by atoms with van der Waals surface area (Å²) in [5, 5.41) is 0. The summed E-state index contributed by atoms with van der Waals surface area (Å²) >= 11 is 0. The Kier molecular flexibility index (Phi) is 2.62. The molecule has 0 atom stereocenters. The van der Waals surface area contributed by atoms with E-state index in [1.165, 1.54) is 19.3 Å². The first-order valence-electron chi connectivity index (χ1n) is 5.37. The van der Waals surface area contributed by atoms with Gasteiger partial charge in [0.2, 0.25) is 5.95 Å². The number of nitrogen functional groups attached to an aromatic ring is 3. The topological polar surface area (TPSA) is 104 Å². The van der Waals surface area contributed by atoms with Crippen molar-refractivity contribution in [1.29, 1.82) is 0 Å². The lowest BCUT2D eigenvalue weighted by molar-refractivity contribution is 0.438. The van der Waals surface area contributed by atoms with Crippen LogP contribution in [0.15, 0.2) is 0 Å². The van der Waals surface area contributed by atoms with Crippen LogP contribution in [0, 0.1) is 0 Å². The summed E-state index contributed by atoms with van der Waals surface area (Å²) in [7, 11) is 0. The van der Waals surface area contributed by atoms with E-state index in [4.69, 9.17) is 17.2 Å². The van der Waals surface area contributed by atoms with Gasteiger partial charge in [-0.1, -0.05) is 19.3 Å². The zero-order valence-electron chi connectivity index (χ0n) is 8.74. The van der Waals surface area contributed by atoms with Crippen molar-refractivity contribution in [2.45, 2.75) is 38.0 Å². The third-order valence-electron chi connectivity index (χ3n) is 3.01. The SMILES string of the molecule is Nc1nc(N)c(N)c(C2CCCCC2)n1. The van der Waals surface area contributed by atoms with Crippen LogP contribution >= 0.6 is 0 Å². The largest absolute Gasteiger partial charge is 0.394 e. The predicted molar refractivity (Wildman–Crippen MR) is 61.1 cm³/mol. The van der Waals surface area contributed by atoms with Crippen molar-refractivity contribution >= 4 is 17.5 Å². The van der Waals surface area contributed by atoms with E-state index in [0.29, 0.717) is 17.4 Å². The van der Waals surface area contributed by atoms with E-state index < -0.39 is 0 Å². The van der Waals surface area contributed by atoms with E-state index in [9.17, 15) is 0 Å². The molecular weight excluding hydrogens is 190 g/mol. The standard InChI is InChI=1S/C10H17N5/c11-7-8(6-4-2-1-3-5-6)14-10(13)15-9(7)12/h6H,1-5,11H2,(H4,12,13,14,15). The molecule has 2 rings (SSSR count). The lowest BCUT2D eigenvalue weighted by atomic mass is 9.86. The maximum Gasteiger partial charge on any atom is 0.222 e. The molecule has 0 aliphatic heterocycles. The van der Waals surface area contributed by atoms with Crippen LogP contribution in [0.3, 0.4) is 0 Å². The Labute approximate surface area is 89.1 Å². The molecule has 5 nitrogen and oxygen atoms in total. The van der Waals surface area contributed by atoms with Crippen molar-refractivity contribution < 1.29 is 0 Å². The van der Waals surface area contributed by atoms with Crippen molar-refractivity contribution in [3.05, 3.63) is 5.69 Å². The Balaban J connectivity index is 2.33. The maximum absolute atomic E-state index is 5.88. The first kappa shape index (κ1) is 10.0. The number of hydrogen-bond donors (Lipinski definition) is 3. The monoisotopic (exact) mass is 207 g/mol. The first-order chi connectivity index (χ1) is 7.18. The molecule has 0 aromatic carbocycles. The molecule has 1 aromatic heterocycles. The van der Waals surface area contributed by atoms with Crippen molar-refractivity contribution in [3.63, 3.8) is 0 Å². The van der Waals surface area contributed by atoms with Gasteiger partial charge in [0.15, 0.2) is 5.82 Å². The van der Waals surface area contributed by atoms with Gasteiger partial charge in [-0.25, -0.2) is 4.98 Å². The Morgan fingerprint density at radius 3 is 2.27 bits per heavy atom. The summed E-state index contributed by atoms with van der Waals surface area (Å²) in [4.78, 5) is 8.07. The van der Waals surface area contributed by atoms with Crippen LogP contribution in [-0.2, 0) is 0 Å². The molecule has 1 aromatic rings. The Morgan fingerprint density at radius 2 is 1.60 bits per heavy atom. The molecule has 0 radical (unpaired) electrons. The molecular formula is C10H17N5. The second kappa shape index (κ2) is 3.92.